The van der Waals surface area contributed by atoms with Crippen LogP contribution in [0.5, 0.6) is 0 Å². The van der Waals surface area contributed by atoms with Crippen LogP contribution >= 0.6 is 0 Å². The van der Waals surface area contributed by atoms with Gasteiger partial charge in [-0.15, -0.1) is 0 Å². The molecule has 0 aliphatic heterocycles. The highest BCUT2D eigenvalue weighted by atomic mass is 14.7. The summed E-state index contributed by atoms with van der Waals surface area (Å²) in [6, 6.07) is 0. The van der Waals surface area contributed by atoms with Crippen LogP contribution in [0.15, 0.2) is 0 Å². The van der Waals surface area contributed by atoms with Crippen molar-refractivity contribution in [3.8, 4) is 0 Å². The van der Waals surface area contributed by atoms with Gasteiger partial charge in [0.15, 0.2) is 0 Å². The predicted molar refractivity (Wildman–Crippen MR) is 289 cm³/mol. The standard InChI is InChI=1S/C27H48.C21H36.C19H32/c1-19(2)9-8-10-20(3)23-14-15-24-22-13-12-21-11-6-7-17-26(21,4)25(22)16-18-27(23,24)5;1-4-15-9-11-18-17-10-8-16-7-5-6-13-20(16,2)19(17)12-14-21(15,18)3;1-18-11-5-7-16(18)15-9-8-14-6-3-4-12-19(14,2)17(15)10-13-18/h19-25H,6-18H2,1-5H3;15-19H,4-14H2,1-3H3;14-17H,3-13H2,1-2H3/t20?,21-,22?,23?,24?,25?,26?,27?;;14-,15?,16?,17?,18?,19?/m1.1/s1. The lowest BCUT2D eigenvalue weighted by molar-refractivity contribution is -0.114. The van der Waals surface area contributed by atoms with Gasteiger partial charge in [0.1, 0.15) is 0 Å². The van der Waals surface area contributed by atoms with E-state index in [1.165, 1.54) is 70.6 Å². The first-order valence-electron chi connectivity index (χ1n) is 32.1. The van der Waals surface area contributed by atoms with Gasteiger partial charge < -0.3 is 0 Å². The van der Waals surface area contributed by atoms with Crippen LogP contribution < -0.4 is 0 Å². The molecular formula is C67H116. The lowest BCUT2D eigenvalue weighted by Crippen LogP contribution is -2.53. The minimum Gasteiger partial charge on any atom is -0.0651 e. The zero-order chi connectivity index (χ0) is 47.0. The largest absolute Gasteiger partial charge is 0.0651 e. The average Bonchev–Trinajstić information content (AvgIpc) is 4.00. The smallest absolute Gasteiger partial charge is 0.0264 e. The molecule has 67 heavy (non-hydrogen) atoms. The van der Waals surface area contributed by atoms with E-state index in [2.05, 4.69) is 69.2 Å². The van der Waals surface area contributed by atoms with E-state index in [4.69, 9.17) is 0 Å². The van der Waals surface area contributed by atoms with Crippen LogP contribution in [0.2, 0.25) is 0 Å². The van der Waals surface area contributed by atoms with Gasteiger partial charge in [-0.1, -0.05) is 140 Å². The van der Waals surface area contributed by atoms with Crippen molar-refractivity contribution in [2.45, 2.75) is 294 Å². The van der Waals surface area contributed by atoms with E-state index in [9.17, 15) is 0 Å². The van der Waals surface area contributed by atoms with Crippen LogP contribution in [0.25, 0.3) is 0 Å². The molecule has 12 fully saturated rings. The van der Waals surface area contributed by atoms with Crippen LogP contribution in [-0.4, -0.2) is 0 Å². The number of hydrogen-bond donors (Lipinski definition) is 0. The Morgan fingerprint density at radius 3 is 1.34 bits per heavy atom. The third-order valence-corrected chi connectivity index (χ3v) is 28.4. The number of rotatable bonds is 6. The molecule has 21 atom stereocenters. The summed E-state index contributed by atoms with van der Waals surface area (Å²) in [5.74, 6) is 16.9. The molecule has 0 amide bonds. The molecular weight excluding hydrogens is 805 g/mol. The molecule has 19 unspecified atom stereocenters. The van der Waals surface area contributed by atoms with Gasteiger partial charge in [0.05, 0.1) is 0 Å². The Morgan fingerprint density at radius 2 is 0.821 bits per heavy atom. The van der Waals surface area contributed by atoms with Gasteiger partial charge in [0, 0.05) is 0 Å². The maximum atomic E-state index is 2.75. The molecule has 0 N–H and O–H groups in total. The molecule has 0 spiro atoms. The van der Waals surface area contributed by atoms with Crippen LogP contribution in [-0.2, 0) is 0 Å². The molecule has 0 heteroatoms. The normalized spacial score (nSPS) is 53.2. The minimum atomic E-state index is 0.677. The van der Waals surface area contributed by atoms with Crippen LogP contribution in [0.3, 0.4) is 0 Å². The van der Waals surface area contributed by atoms with Crippen molar-refractivity contribution in [1.29, 1.82) is 0 Å². The first-order valence-corrected chi connectivity index (χ1v) is 32.1. The summed E-state index contributed by atoms with van der Waals surface area (Å²) >= 11 is 0. The lowest BCUT2D eigenvalue weighted by atomic mass is 9.44. The maximum Gasteiger partial charge on any atom is -0.0264 e. The summed E-state index contributed by atoms with van der Waals surface area (Å²) in [5, 5.41) is 0. The molecule has 12 aliphatic carbocycles. The highest BCUT2D eigenvalue weighted by Gasteiger charge is 2.62. The molecule has 0 heterocycles. The van der Waals surface area contributed by atoms with Crippen molar-refractivity contribution in [2.75, 3.05) is 0 Å². The topological polar surface area (TPSA) is 0 Å². The highest BCUT2D eigenvalue weighted by molar-refractivity contribution is 5.11. The lowest BCUT2D eigenvalue weighted by Gasteiger charge is -2.61. The van der Waals surface area contributed by atoms with Gasteiger partial charge in [-0.2, -0.15) is 0 Å². The Kier molecular flexibility index (Phi) is 14.9. The maximum absolute atomic E-state index is 2.75. The SMILES string of the molecule is CC(C)CCCC(C)C1CCC2C3CC[C@H]4CCCCC4(C)C3CCC12C.CC12CCCC1C1CC[C@H]3CCCCC3(C)C1CC2.CCC1CCC2C3CCC4CCCCC4(C)C3CCC12C. The van der Waals surface area contributed by atoms with Crippen molar-refractivity contribution in [3.05, 3.63) is 0 Å². The summed E-state index contributed by atoms with van der Waals surface area (Å²) in [5.41, 5.74) is 4.32. The number of hydrogen-bond acceptors (Lipinski definition) is 0. The summed E-state index contributed by atoms with van der Waals surface area (Å²) in [6.07, 6.45) is 54.0. The molecule has 0 bridgehead atoms. The Balaban J connectivity index is 0.000000120. The predicted octanol–water partition coefficient (Wildman–Crippen LogP) is 20.8. The minimum absolute atomic E-state index is 0.677. The second-order valence-electron chi connectivity index (χ2n) is 31.1. The van der Waals surface area contributed by atoms with Crippen molar-refractivity contribution in [3.63, 3.8) is 0 Å². The quantitative estimate of drug-likeness (QED) is 0.249. The Hall–Kier alpha value is 0. The first kappa shape index (κ1) is 50.5. The zero-order valence-electron chi connectivity index (χ0n) is 47.0. The summed E-state index contributed by atoms with van der Waals surface area (Å²) in [4.78, 5) is 0. The molecule has 0 nitrogen and oxygen atoms in total. The van der Waals surface area contributed by atoms with Gasteiger partial charge >= 0.3 is 0 Å². The molecule has 12 aliphatic rings. The number of fused-ring (bicyclic) bond motifs is 15. The monoisotopic (exact) mass is 921 g/mol. The van der Waals surface area contributed by atoms with E-state index >= 15 is 0 Å². The fourth-order valence-electron chi connectivity index (χ4n) is 24.7. The van der Waals surface area contributed by atoms with E-state index in [-0.39, 0.29) is 0 Å². The van der Waals surface area contributed by atoms with E-state index in [0.29, 0.717) is 16.2 Å². The van der Waals surface area contributed by atoms with Gasteiger partial charge in [0.2, 0.25) is 0 Å². The van der Waals surface area contributed by atoms with Crippen molar-refractivity contribution >= 4 is 0 Å². The fraction of sp³-hybridized carbons (Fsp3) is 1.00. The first-order chi connectivity index (χ1) is 32.1. The summed E-state index contributed by atoms with van der Waals surface area (Å²) in [7, 11) is 0. The molecule has 12 saturated carbocycles. The molecule has 0 saturated heterocycles. The van der Waals surface area contributed by atoms with Crippen molar-refractivity contribution in [2.24, 2.45) is 127 Å². The Labute approximate surface area is 419 Å². The van der Waals surface area contributed by atoms with Gasteiger partial charge in [-0.25, -0.2) is 0 Å². The van der Waals surface area contributed by atoms with Gasteiger partial charge in [-0.3, -0.25) is 0 Å². The Bertz CT molecular complexity index is 1640. The zero-order valence-corrected chi connectivity index (χ0v) is 47.0. The van der Waals surface area contributed by atoms with Gasteiger partial charge in [0.25, 0.3) is 0 Å². The third kappa shape index (κ3) is 8.73. The van der Waals surface area contributed by atoms with E-state index < -0.39 is 0 Å². The van der Waals surface area contributed by atoms with Crippen LogP contribution in [0.4, 0.5) is 0 Å². The van der Waals surface area contributed by atoms with E-state index in [0.717, 1.165) is 111 Å². The van der Waals surface area contributed by atoms with Crippen LogP contribution in [0.1, 0.15) is 294 Å². The van der Waals surface area contributed by atoms with Crippen molar-refractivity contribution < 1.29 is 0 Å². The second kappa shape index (κ2) is 19.7. The summed E-state index contributed by atoms with van der Waals surface area (Å²) in [6.45, 7) is 26.1. The second-order valence-corrected chi connectivity index (χ2v) is 31.1. The molecule has 12 rings (SSSR count). The van der Waals surface area contributed by atoms with E-state index in [1.807, 2.05) is 0 Å². The third-order valence-electron chi connectivity index (χ3n) is 28.4. The Morgan fingerprint density at radius 1 is 0.358 bits per heavy atom. The summed E-state index contributed by atoms with van der Waals surface area (Å²) < 4.78 is 0. The molecule has 0 aromatic rings. The van der Waals surface area contributed by atoms with E-state index in [1.54, 1.807) is 154 Å². The molecule has 0 aromatic carbocycles. The van der Waals surface area contributed by atoms with Gasteiger partial charge in [-0.05, 0) is 281 Å². The van der Waals surface area contributed by atoms with Crippen molar-refractivity contribution in [1.82, 2.24) is 0 Å². The highest BCUT2D eigenvalue weighted by Crippen LogP contribution is 2.71. The molecule has 384 valence electrons. The molecule has 0 radical (unpaired) electrons. The van der Waals surface area contributed by atoms with Crippen LogP contribution in [0, 0.1) is 127 Å². The average molecular weight is 922 g/mol. The molecule has 0 aromatic heterocycles. The fourth-order valence-corrected chi connectivity index (χ4v) is 24.7.